The molecule has 2 atom stereocenters. The summed E-state index contributed by atoms with van der Waals surface area (Å²) in [6.45, 7) is 2.24. The van der Waals surface area contributed by atoms with Crippen molar-refractivity contribution in [2.24, 2.45) is 0 Å². The summed E-state index contributed by atoms with van der Waals surface area (Å²) in [5.74, 6) is -1.56. The van der Waals surface area contributed by atoms with Crippen molar-refractivity contribution in [3.63, 3.8) is 0 Å². The normalized spacial score (nSPS) is 13.8. The Kier molecular flexibility index (Phi) is 16.0. The summed E-state index contributed by atoms with van der Waals surface area (Å²) in [4.78, 5) is 22.9. The Labute approximate surface area is 178 Å². The first-order valence-corrected chi connectivity index (χ1v) is 11.6. The minimum Gasteiger partial charge on any atom is -0.481 e. The van der Waals surface area contributed by atoms with Crippen molar-refractivity contribution in [2.75, 3.05) is 21.1 Å². The molecule has 0 aromatic carbocycles. The van der Waals surface area contributed by atoms with Crippen LogP contribution in [-0.4, -0.2) is 60.1 Å². The van der Waals surface area contributed by atoms with Gasteiger partial charge in [-0.2, -0.15) is 0 Å². The number of rotatable bonds is 19. The fourth-order valence-corrected chi connectivity index (χ4v) is 3.36. The highest BCUT2D eigenvalue weighted by Crippen LogP contribution is 2.16. The summed E-state index contributed by atoms with van der Waals surface area (Å²) in [5.41, 5.74) is 0. The largest absolute Gasteiger partial charge is 0.481 e. The molecule has 172 valence electrons. The number of carbonyl (C=O) groups excluding carboxylic acids is 1. The van der Waals surface area contributed by atoms with Gasteiger partial charge < -0.3 is 14.9 Å². The molecule has 0 spiro atoms. The second kappa shape index (κ2) is 16.6. The summed E-state index contributed by atoms with van der Waals surface area (Å²) in [7, 11) is 5.53. The van der Waals surface area contributed by atoms with Crippen molar-refractivity contribution >= 4 is 11.9 Å². The van der Waals surface area contributed by atoms with E-state index < -0.39 is 24.3 Å². The third kappa shape index (κ3) is 16.4. The number of carboxylic acid groups (broad SMARTS) is 1. The Morgan fingerprint density at radius 3 is 1.66 bits per heavy atom. The van der Waals surface area contributed by atoms with Crippen LogP contribution in [0.5, 0.6) is 0 Å². The quantitative estimate of drug-likeness (QED) is 0.136. The second-order valence-electron chi connectivity index (χ2n) is 9.13. The third-order valence-electron chi connectivity index (χ3n) is 5.32. The van der Waals surface area contributed by atoms with Gasteiger partial charge in [-0.15, -0.1) is 0 Å². The van der Waals surface area contributed by atoms with Crippen LogP contribution in [0.25, 0.3) is 0 Å². The van der Waals surface area contributed by atoms with Gasteiger partial charge in [0.15, 0.2) is 6.10 Å². The van der Waals surface area contributed by atoms with E-state index in [9.17, 15) is 14.7 Å². The first kappa shape index (κ1) is 27.9. The number of hydrogen-bond donors (Lipinski definition) is 2. The van der Waals surface area contributed by atoms with Crippen molar-refractivity contribution in [1.82, 2.24) is 0 Å². The van der Waals surface area contributed by atoms with E-state index in [1.165, 1.54) is 57.8 Å². The van der Waals surface area contributed by atoms with Crippen LogP contribution in [-0.2, 0) is 14.3 Å². The maximum Gasteiger partial charge on any atom is 0.339 e. The molecule has 2 N–H and O–H groups in total. The van der Waals surface area contributed by atoms with Gasteiger partial charge in [-0.1, -0.05) is 84.0 Å². The molecular formula is C23H46NO5+. The van der Waals surface area contributed by atoms with E-state index in [0.29, 0.717) is 10.9 Å². The Bertz CT molecular complexity index is 433. The smallest absolute Gasteiger partial charge is 0.339 e. The molecule has 29 heavy (non-hydrogen) atoms. The molecular weight excluding hydrogens is 370 g/mol. The van der Waals surface area contributed by atoms with Crippen LogP contribution in [0, 0.1) is 0 Å². The molecule has 0 radical (unpaired) electrons. The van der Waals surface area contributed by atoms with Crippen molar-refractivity contribution in [2.45, 2.75) is 116 Å². The van der Waals surface area contributed by atoms with Crippen LogP contribution in [0.2, 0.25) is 0 Å². The molecule has 6 nitrogen and oxygen atoms in total. The minimum atomic E-state index is -1.13. The van der Waals surface area contributed by atoms with Gasteiger partial charge in [-0.25, -0.2) is 4.79 Å². The summed E-state index contributed by atoms with van der Waals surface area (Å²) in [6.07, 6.45) is 13.7. The zero-order valence-corrected chi connectivity index (χ0v) is 19.3. The molecule has 0 fully saturated rings. The molecule has 0 aliphatic carbocycles. The molecule has 0 aromatic rings. The van der Waals surface area contributed by atoms with E-state index in [0.717, 1.165) is 19.3 Å². The van der Waals surface area contributed by atoms with E-state index in [4.69, 9.17) is 9.84 Å². The molecule has 0 amide bonds. The van der Waals surface area contributed by atoms with Gasteiger partial charge in [0.2, 0.25) is 6.23 Å². The Morgan fingerprint density at radius 2 is 1.24 bits per heavy atom. The lowest BCUT2D eigenvalue weighted by Gasteiger charge is -2.33. The van der Waals surface area contributed by atoms with Crippen LogP contribution >= 0.6 is 0 Å². The lowest BCUT2D eigenvalue weighted by Crippen LogP contribution is -2.49. The van der Waals surface area contributed by atoms with Crippen LogP contribution in [0.3, 0.4) is 0 Å². The fourth-order valence-electron chi connectivity index (χ4n) is 3.36. The molecule has 0 rings (SSSR count). The zero-order valence-electron chi connectivity index (χ0n) is 19.3. The van der Waals surface area contributed by atoms with Gasteiger partial charge in [-0.05, 0) is 6.42 Å². The predicted molar refractivity (Wildman–Crippen MR) is 116 cm³/mol. The summed E-state index contributed by atoms with van der Waals surface area (Å²) in [5, 5.41) is 18.9. The number of carbonyl (C=O) groups is 2. The van der Waals surface area contributed by atoms with E-state index in [2.05, 4.69) is 6.92 Å². The number of carboxylic acids is 1. The fraction of sp³-hybridized carbons (Fsp3) is 0.913. The molecule has 0 aliphatic heterocycles. The number of hydrogen-bond acceptors (Lipinski definition) is 4. The standard InChI is InChI=1S/C23H45NO5/c1-5-6-7-8-9-10-11-12-13-14-15-16-17-20(25)23(28)29-21(24(2,3)4)18-19-22(26)27/h20-21,25H,5-19H2,1-4H3/p+1/t20?,21-/m0/s1. The van der Waals surface area contributed by atoms with Gasteiger partial charge in [0, 0.05) is 6.42 Å². The Hall–Kier alpha value is -1.14. The van der Waals surface area contributed by atoms with Crippen molar-refractivity contribution in [3.05, 3.63) is 0 Å². The van der Waals surface area contributed by atoms with Gasteiger partial charge in [0.1, 0.15) is 0 Å². The van der Waals surface area contributed by atoms with Crippen LogP contribution in [0.15, 0.2) is 0 Å². The molecule has 0 saturated heterocycles. The van der Waals surface area contributed by atoms with Gasteiger partial charge >= 0.3 is 11.9 Å². The first-order chi connectivity index (χ1) is 13.7. The summed E-state index contributed by atoms with van der Waals surface area (Å²) < 4.78 is 5.71. The lowest BCUT2D eigenvalue weighted by atomic mass is 10.0. The number of ether oxygens (including phenoxy) is 1. The van der Waals surface area contributed by atoms with E-state index in [1.807, 2.05) is 21.1 Å². The zero-order chi connectivity index (χ0) is 22.1. The molecule has 0 heterocycles. The molecule has 6 heteroatoms. The van der Waals surface area contributed by atoms with Crippen LogP contribution in [0.4, 0.5) is 0 Å². The van der Waals surface area contributed by atoms with Gasteiger partial charge in [-0.3, -0.25) is 9.28 Å². The van der Waals surface area contributed by atoms with Crippen molar-refractivity contribution < 1.29 is 29.0 Å². The molecule has 0 aliphatic rings. The summed E-state index contributed by atoms with van der Waals surface area (Å²) in [6, 6.07) is 0. The lowest BCUT2D eigenvalue weighted by molar-refractivity contribution is -0.917. The van der Waals surface area contributed by atoms with E-state index in [1.54, 1.807) is 0 Å². The molecule has 0 aromatic heterocycles. The highest BCUT2D eigenvalue weighted by Gasteiger charge is 2.30. The maximum atomic E-state index is 12.1. The number of unbranched alkanes of at least 4 members (excludes halogenated alkanes) is 11. The number of aliphatic hydroxyl groups excluding tert-OH is 1. The first-order valence-electron chi connectivity index (χ1n) is 11.6. The summed E-state index contributed by atoms with van der Waals surface area (Å²) >= 11 is 0. The Morgan fingerprint density at radius 1 is 0.793 bits per heavy atom. The van der Waals surface area contributed by atoms with Gasteiger partial charge in [0.25, 0.3) is 0 Å². The van der Waals surface area contributed by atoms with Crippen LogP contribution in [0.1, 0.15) is 103 Å². The topological polar surface area (TPSA) is 83.8 Å². The highest BCUT2D eigenvalue weighted by atomic mass is 16.6. The monoisotopic (exact) mass is 416 g/mol. The third-order valence-corrected chi connectivity index (χ3v) is 5.32. The predicted octanol–water partition coefficient (Wildman–Crippen LogP) is 4.88. The number of aliphatic hydroxyl groups is 1. The number of quaternary nitrogens is 1. The second-order valence-corrected chi connectivity index (χ2v) is 9.13. The van der Waals surface area contributed by atoms with Crippen molar-refractivity contribution in [1.29, 1.82) is 0 Å². The van der Waals surface area contributed by atoms with Gasteiger partial charge in [0.05, 0.1) is 27.6 Å². The van der Waals surface area contributed by atoms with E-state index in [-0.39, 0.29) is 12.8 Å². The molecule has 0 saturated carbocycles. The molecule has 1 unspecified atom stereocenters. The van der Waals surface area contributed by atoms with Crippen LogP contribution < -0.4 is 0 Å². The SMILES string of the molecule is CCCCCCCCCCCCCCC(O)C(=O)O[C@@H](CCC(=O)O)[N+](C)(C)C. The Balaban J connectivity index is 3.83. The number of nitrogens with zero attached hydrogens (tertiary/aromatic N) is 1. The average Bonchev–Trinajstić information content (AvgIpc) is 2.64. The maximum absolute atomic E-state index is 12.1. The van der Waals surface area contributed by atoms with Crippen molar-refractivity contribution in [3.8, 4) is 0 Å². The number of aliphatic carboxylic acids is 1. The average molecular weight is 417 g/mol. The minimum absolute atomic E-state index is 0.0672. The molecule has 0 bridgehead atoms. The highest BCUT2D eigenvalue weighted by molar-refractivity contribution is 5.74. The van der Waals surface area contributed by atoms with E-state index >= 15 is 0 Å². The number of esters is 1.